The molecule has 1 saturated carbocycles. The number of hydrogen-bond donors (Lipinski definition) is 2. The number of allylic oxidation sites excluding steroid dienone is 1. The van der Waals surface area contributed by atoms with Gasteiger partial charge in [0.25, 0.3) is 0 Å². The average Bonchev–Trinajstić information content (AvgIpc) is 3.37. The van der Waals surface area contributed by atoms with Crippen LogP contribution < -0.4 is 9.47 Å². The number of unbranched alkanes of at least 4 members (excludes halogenated alkanes) is 11. The number of carbonyl (C=O) groups is 1. The zero-order chi connectivity index (χ0) is 49.1. The Balaban J connectivity index is 1.32. The van der Waals surface area contributed by atoms with Crippen LogP contribution in [0.2, 0.25) is 0 Å². The Bertz CT molecular complexity index is 2350. The van der Waals surface area contributed by atoms with E-state index >= 15 is 4.79 Å². The lowest BCUT2D eigenvalue weighted by Crippen LogP contribution is -2.70. The maximum Gasteiger partial charge on any atom is 0.410 e. The Hall–Kier alpha value is -5.23. The van der Waals surface area contributed by atoms with Crippen molar-refractivity contribution in [3.8, 4) is 11.5 Å². The highest BCUT2D eigenvalue weighted by Gasteiger charge is 2.65. The summed E-state index contributed by atoms with van der Waals surface area (Å²) in [4.78, 5) is 22.7. The van der Waals surface area contributed by atoms with Gasteiger partial charge in [-0.1, -0.05) is 156 Å². The minimum atomic E-state index is -1.47. The van der Waals surface area contributed by atoms with Crippen molar-refractivity contribution in [1.82, 2.24) is 4.90 Å². The fourth-order valence-corrected chi connectivity index (χ4v) is 11.4. The lowest BCUT2D eigenvalue weighted by molar-refractivity contribution is -0.256. The highest BCUT2D eigenvalue weighted by atomic mass is 19.1. The van der Waals surface area contributed by atoms with Crippen LogP contribution in [0.15, 0.2) is 114 Å². The molecule has 0 bridgehead atoms. The molecule has 1 fully saturated rings. The van der Waals surface area contributed by atoms with Crippen molar-refractivity contribution in [2.75, 3.05) is 33.5 Å². The van der Waals surface area contributed by atoms with Gasteiger partial charge >= 0.3 is 6.09 Å². The number of oxime groups is 1. The molecule has 11 heteroatoms. The summed E-state index contributed by atoms with van der Waals surface area (Å²) in [6, 6.07) is 26.0. The predicted molar refractivity (Wildman–Crippen MR) is 275 cm³/mol. The predicted octanol–water partition coefficient (Wildman–Crippen LogP) is 13.4. The largest absolute Gasteiger partial charge is 0.489 e. The van der Waals surface area contributed by atoms with Gasteiger partial charge in [-0.2, -0.15) is 0 Å². The number of carbonyl (C=O) groups excluding carboxylic acids is 1. The molecule has 10 nitrogen and oxygen atoms in total. The summed E-state index contributed by atoms with van der Waals surface area (Å²) in [5, 5.41) is 26.9. The maximum absolute atomic E-state index is 15.2. The van der Waals surface area contributed by atoms with E-state index < -0.39 is 23.8 Å². The average molecular weight is 961 g/mol. The van der Waals surface area contributed by atoms with Gasteiger partial charge in [-0.25, -0.2) is 9.18 Å². The van der Waals surface area contributed by atoms with Crippen molar-refractivity contribution in [3.05, 3.63) is 132 Å². The van der Waals surface area contributed by atoms with Crippen LogP contribution in [0.4, 0.5) is 9.18 Å². The normalized spacial score (nSPS) is 21.9. The lowest BCUT2D eigenvalue weighted by atomic mass is 9.55. The molecule has 2 N–H and O–H groups in total. The van der Waals surface area contributed by atoms with Gasteiger partial charge in [0.05, 0.1) is 31.4 Å². The molecule has 1 heterocycles. The topological polar surface area (TPSA) is 119 Å². The number of fused-ring (bicyclic) bond motifs is 3. The molecule has 4 aromatic carbocycles. The van der Waals surface area contributed by atoms with Gasteiger partial charge in [0.15, 0.2) is 0 Å². The second kappa shape index (κ2) is 26.8. The lowest BCUT2D eigenvalue weighted by Gasteiger charge is -2.59. The van der Waals surface area contributed by atoms with Gasteiger partial charge in [0.2, 0.25) is 5.79 Å². The molecule has 6 atom stereocenters. The van der Waals surface area contributed by atoms with E-state index in [1.54, 1.807) is 31.4 Å². The van der Waals surface area contributed by atoms with Crippen LogP contribution in [0.1, 0.15) is 139 Å². The molecule has 70 heavy (non-hydrogen) atoms. The van der Waals surface area contributed by atoms with E-state index in [0.717, 1.165) is 72.4 Å². The molecule has 7 rings (SSSR count). The number of benzene rings is 4. The second-order valence-corrected chi connectivity index (χ2v) is 19.4. The van der Waals surface area contributed by atoms with Crippen molar-refractivity contribution in [2.45, 2.75) is 147 Å². The van der Waals surface area contributed by atoms with E-state index in [-0.39, 0.29) is 69.6 Å². The molecule has 378 valence electrons. The van der Waals surface area contributed by atoms with Crippen LogP contribution >= 0.6 is 0 Å². The van der Waals surface area contributed by atoms with Gasteiger partial charge in [0, 0.05) is 36.7 Å². The summed E-state index contributed by atoms with van der Waals surface area (Å²) in [6.45, 7) is 7.18. The first-order chi connectivity index (χ1) is 34.4. The molecule has 4 aromatic rings. The first-order valence-corrected chi connectivity index (χ1v) is 26.2. The minimum absolute atomic E-state index is 0.0209. The van der Waals surface area contributed by atoms with Gasteiger partial charge in [0.1, 0.15) is 37.1 Å². The molecule has 1 amide bonds. The number of aliphatic hydroxyl groups excluding tert-OH is 2. The van der Waals surface area contributed by atoms with Gasteiger partial charge < -0.3 is 34.0 Å². The Labute approximate surface area is 415 Å². The zero-order valence-corrected chi connectivity index (χ0v) is 41.7. The fourth-order valence-electron chi connectivity index (χ4n) is 11.4. The number of aliphatic hydroxyl groups is 2. The number of ether oxygens (including phenoxy) is 4. The molecule has 0 radical (unpaired) electrons. The summed E-state index contributed by atoms with van der Waals surface area (Å²) in [5.41, 5.74) is 3.96. The SMILES string of the molecule is C=CCOC12Oc3ccc(OCc4ccccc4F)cc3C3C(CCCCO)C(CCCCO)C=C(C(=NOC)CC1N(Cc1cccc4ccccc14)C(=O)OCCCCCCCCCCCC)C32. The van der Waals surface area contributed by atoms with Crippen LogP contribution in [0, 0.1) is 23.6 Å². The van der Waals surface area contributed by atoms with Crippen LogP contribution in [0.5, 0.6) is 11.5 Å². The first-order valence-electron chi connectivity index (χ1n) is 26.2. The summed E-state index contributed by atoms with van der Waals surface area (Å²) < 4.78 is 42.2. The smallest absolute Gasteiger partial charge is 0.410 e. The Morgan fingerprint density at radius 2 is 1.56 bits per heavy atom. The van der Waals surface area contributed by atoms with Gasteiger partial charge in [-0.3, -0.25) is 4.90 Å². The van der Waals surface area contributed by atoms with Crippen LogP contribution in [0.3, 0.4) is 0 Å². The molecule has 2 aliphatic carbocycles. The van der Waals surface area contributed by atoms with E-state index in [4.69, 9.17) is 28.9 Å². The van der Waals surface area contributed by atoms with Crippen molar-refractivity contribution in [1.29, 1.82) is 0 Å². The fraction of sp³-hybridized carbons (Fsp3) is 0.525. The number of rotatable bonds is 29. The first kappa shape index (κ1) is 52.6. The highest BCUT2D eigenvalue weighted by Crippen LogP contribution is 2.62. The Morgan fingerprint density at radius 1 is 0.857 bits per heavy atom. The van der Waals surface area contributed by atoms with E-state index in [0.29, 0.717) is 35.6 Å². The summed E-state index contributed by atoms with van der Waals surface area (Å²) >= 11 is 0. The van der Waals surface area contributed by atoms with Crippen LogP contribution in [-0.2, 0) is 27.5 Å². The number of nitrogens with zero attached hydrogens (tertiary/aromatic N) is 2. The van der Waals surface area contributed by atoms with E-state index in [1.165, 1.54) is 51.0 Å². The van der Waals surface area contributed by atoms with Crippen LogP contribution in [0.25, 0.3) is 10.8 Å². The van der Waals surface area contributed by atoms with Gasteiger partial charge in [-0.05, 0) is 90.1 Å². The van der Waals surface area contributed by atoms with Crippen molar-refractivity contribution < 1.29 is 43.2 Å². The molecular weight excluding hydrogens is 884 g/mol. The molecule has 6 unspecified atom stereocenters. The monoisotopic (exact) mass is 961 g/mol. The minimum Gasteiger partial charge on any atom is -0.489 e. The molecular formula is C59H77FN2O8. The van der Waals surface area contributed by atoms with Crippen molar-refractivity contribution in [2.24, 2.45) is 22.9 Å². The van der Waals surface area contributed by atoms with Crippen molar-refractivity contribution in [3.63, 3.8) is 0 Å². The number of hydrogen-bond acceptors (Lipinski definition) is 9. The third-order valence-electron chi connectivity index (χ3n) is 14.8. The molecule has 0 aromatic heterocycles. The van der Waals surface area contributed by atoms with E-state index in [1.807, 2.05) is 41.3 Å². The third-order valence-corrected chi connectivity index (χ3v) is 14.8. The van der Waals surface area contributed by atoms with E-state index in [9.17, 15) is 14.6 Å². The Morgan fingerprint density at radius 3 is 2.30 bits per heavy atom. The van der Waals surface area contributed by atoms with Crippen LogP contribution in [-0.4, -0.2) is 72.3 Å². The summed E-state index contributed by atoms with van der Waals surface area (Å²) in [6.07, 6.45) is 20.0. The molecule has 0 saturated heterocycles. The quantitative estimate of drug-likeness (QED) is 0.0314. The zero-order valence-electron chi connectivity index (χ0n) is 41.7. The van der Waals surface area contributed by atoms with Gasteiger partial charge in [-0.15, -0.1) is 6.58 Å². The van der Waals surface area contributed by atoms with Crippen molar-refractivity contribution >= 4 is 22.6 Å². The maximum atomic E-state index is 15.2. The number of amides is 1. The number of halogens is 1. The molecule has 0 spiro atoms. The molecule has 1 aliphatic heterocycles. The summed E-state index contributed by atoms with van der Waals surface area (Å²) in [5.74, 6) is -1.31. The summed E-state index contributed by atoms with van der Waals surface area (Å²) in [7, 11) is 1.55. The highest BCUT2D eigenvalue weighted by molar-refractivity contribution is 6.03. The second-order valence-electron chi connectivity index (χ2n) is 19.4. The Kier molecular flexibility index (Phi) is 20.2. The third kappa shape index (κ3) is 12.8. The van der Waals surface area contributed by atoms with E-state index in [2.05, 4.69) is 43.8 Å². The molecule has 3 aliphatic rings. The standard InChI is InChI=1S/C59H77FN2O8/c1-4-6-7-8-9-10-11-12-13-22-37-67-58(65)62(41-45-28-23-27-43-24-14-16-29-48(43)45)55-40-53(61-66-3)50-38-44(25-18-20-34-63)49(30-19-21-35-64)56-51-39-47(68-42-46-26-15-17-31-52(46)60)32-33-54(51)70-59(55,57(50)56)69-36-5-2/h5,14-17,23-24,26-29,31-33,38-39,44,49,55-57,63-64H,2,4,6-13,18-22,25,30,34-37,40-42H2,1,3H3.